The van der Waals surface area contributed by atoms with Gasteiger partial charge in [0.25, 0.3) is 0 Å². The zero-order valence-electron chi connectivity index (χ0n) is 11.7. The van der Waals surface area contributed by atoms with Gasteiger partial charge in [0.1, 0.15) is 0 Å². The van der Waals surface area contributed by atoms with Crippen molar-refractivity contribution in [2.24, 2.45) is 11.8 Å². The normalized spacial score (nSPS) is 26.9. The summed E-state index contributed by atoms with van der Waals surface area (Å²) in [7, 11) is 0. The Bertz CT molecular complexity index is 430. The van der Waals surface area contributed by atoms with E-state index in [-0.39, 0.29) is 5.91 Å². The minimum absolute atomic E-state index is 0.0585. The summed E-state index contributed by atoms with van der Waals surface area (Å²) in [5, 5.41) is 3.15. The second-order valence-corrected chi connectivity index (χ2v) is 5.70. The molecule has 0 bridgehead atoms. The van der Waals surface area contributed by atoms with Gasteiger partial charge >= 0.3 is 0 Å². The van der Waals surface area contributed by atoms with E-state index >= 15 is 0 Å². The van der Waals surface area contributed by atoms with Crippen molar-refractivity contribution in [2.75, 3.05) is 5.73 Å². The summed E-state index contributed by atoms with van der Waals surface area (Å²) in [6, 6.07) is 3.90. The number of aromatic nitrogens is 1. The number of carbonyl (C=O) groups excluding carboxylic acids is 1. The van der Waals surface area contributed by atoms with Gasteiger partial charge in [-0.25, -0.2) is 0 Å². The monoisotopic (exact) mass is 261 g/mol. The Hall–Kier alpha value is -1.58. The standard InChI is InChI=1S/C15H23N3O/c1-10-4-3-5-14(11(10)2)18-15(19)8-13-7-6-12(16)9-17-13/h6-7,9-11,14H,3-5,8,16H2,1-2H3,(H,18,19). The molecule has 3 N–H and O–H groups in total. The van der Waals surface area contributed by atoms with E-state index in [4.69, 9.17) is 5.73 Å². The van der Waals surface area contributed by atoms with E-state index in [1.807, 2.05) is 6.07 Å². The summed E-state index contributed by atoms with van der Waals surface area (Å²) >= 11 is 0. The third-order valence-corrected chi connectivity index (χ3v) is 4.24. The second-order valence-electron chi connectivity index (χ2n) is 5.70. The number of nitrogens with zero attached hydrogens (tertiary/aromatic N) is 1. The van der Waals surface area contributed by atoms with Crippen LogP contribution in [0.25, 0.3) is 0 Å². The average Bonchev–Trinajstić information content (AvgIpc) is 2.38. The Balaban J connectivity index is 1.88. The highest BCUT2D eigenvalue weighted by molar-refractivity contribution is 5.78. The minimum Gasteiger partial charge on any atom is -0.397 e. The fraction of sp³-hybridized carbons (Fsp3) is 0.600. The van der Waals surface area contributed by atoms with Crippen LogP contribution in [0.3, 0.4) is 0 Å². The molecule has 4 nitrogen and oxygen atoms in total. The fourth-order valence-corrected chi connectivity index (χ4v) is 2.75. The molecule has 1 heterocycles. The molecule has 1 fully saturated rings. The number of anilines is 1. The molecule has 1 aromatic heterocycles. The van der Waals surface area contributed by atoms with Gasteiger partial charge in [-0.1, -0.05) is 26.7 Å². The van der Waals surface area contributed by atoms with Gasteiger partial charge in [-0.05, 0) is 30.4 Å². The molecular formula is C15H23N3O. The van der Waals surface area contributed by atoms with Crippen LogP contribution in [-0.4, -0.2) is 16.9 Å². The third-order valence-electron chi connectivity index (χ3n) is 4.24. The minimum atomic E-state index is 0.0585. The number of carbonyl (C=O) groups is 1. The molecule has 0 saturated heterocycles. The Labute approximate surface area is 114 Å². The van der Waals surface area contributed by atoms with Crippen LogP contribution < -0.4 is 11.1 Å². The van der Waals surface area contributed by atoms with Crippen molar-refractivity contribution in [2.45, 2.75) is 45.6 Å². The molecule has 0 radical (unpaired) electrons. The predicted octanol–water partition coefficient (Wildman–Crippen LogP) is 2.15. The Morgan fingerprint density at radius 3 is 2.89 bits per heavy atom. The highest BCUT2D eigenvalue weighted by Gasteiger charge is 2.28. The van der Waals surface area contributed by atoms with Crippen molar-refractivity contribution in [3.05, 3.63) is 24.0 Å². The largest absolute Gasteiger partial charge is 0.397 e. The molecule has 4 heteroatoms. The molecule has 19 heavy (non-hydrogen) atoms. The molecule has 104 valence electrons. The van der Waals surface area contributed by atoms with Crippen LogP contribution in [0.2, 0.25) is 0 Å². The number of amides is 1. The van der Waals surface area contributed by atoms with E-state index in [9.17, 15) is 4.79 Å². The second kappa shape index (κ2) is 6.04. The lowest BCUT2D eigenvalue weighted by Crippen LogP contribution is -2.44. The molecule has 1 aliphatic carbocycles. The molecule has 0 spiro atoms. The summed E-state index contributed by atoms with van der Waals surface area (Å²) in [6.07, 6.45) is 5.49. The van der Waals surface area contributed by atoms with Crippen LogP contribution in [0.4, 0.5) is 5.69 Å². The number of nitrogens with two attached hydrogens (primary N) is 1. The van der Waals surface area contributed by atoms with Crippen LogP contribution in [0.15, 0.2) is 18.3 Å². The van der Waals surface area contributed by atoms with Crippen LogP contribution in [0.1, 0.15) is 38.8 Å². The molecule has 2 rings (SSSR count). The maximum atomic E-state index is 12.0. The quantitative estimate of drug-likeness (QED) is 0.876. The Kier molecular flexibility index (Phi) is 4.40. The molecule has 3 atom stereocenters. The van der Waals surface area contributed by atoms with Crippen molar-refractivity contribution in [1.82, 2.24) is 10.3 Å². The Morgan fingerprint density at radius 2 is 2.21 bits per heavy atom. The van der Waals surface area contributed by atoms with Gasteiger partial charge in [-0.3, -0.25) is 9.78 Å². The molecule has 0 aliphatic heterocycles. The number of hydrogen-bond donors (Lipinski definition) is 2. The van der Waals surface area contributed by atoms with Gasteiger partial charge in [0.05, 0.1) is 18.3 Å². The van der Waals surface area contributed by atoms with E-state index in [2.05, 4.69) is 24.1 Å². The summed E-state index contributed by atoms with van der Waals surface area (Å²) in [5.41, 5.74) is 6.97. The number of hydrogen-bond acceptors (Lipinski definition) is 3. The van der Waals surface area contributed by atoms with Crippen molar-refractivity contribution in [3.8, 4) is 0 Å². The fourth-order valence-electron chi connectivity index (χ4n) is 2.75. The number of pyridine rings is 1. The van der Waals surface area contributed by atoms with Gasteiger partial charge in [0, 0.05) is 11.7 Å². The van der Waals surface area contributed by atoms with Crippen LogP contribution in [-0.2, 0) is 11.2 Å². The molecular weight excluding hydrogens is 238 g/mol. The van der Waals surface area contributed by atoms with Gasteiger partial charge in [-0.15, -0.1) is 0 Å². The first-order chi connectivity index (χ1) is 9.06. The average molecular weight is 261 g/mol. The number of nitrogens with one attached hydrogen (secondary N) is 1. The van der Waals surface area contributed by atoms with Crippen molar-refractivity contribution in [3.63, 3.8) is 0 Å². The predicted molar refractivity (Wildman–Crippen MR) is 76.5 cm³/mol. The summed E-state index contributed by atoms with van der Waals surface area (Å²) in [6.45, 7) is 4.50. The lowest BCUT2D eigenvalue weighted by atomic mass is 9.78. The summed E-state index contributed by atoms with van der Waals surface area (Å²) in [5.74, 6) is 1.30. The first-order valence-electron chi connectivity index (χ1n) is 7.06. The van der Waals surface area contributed by atoms with Crippen molar-refractivity contribution in [1.29, 1.82) is 0 Å². The number of rotatable bonds is 3. The van der Waals surface area contributed by atoms with E-state index in [0.717, 1.165) is 12.1 Å². The van der Waals surface area contributed by atoms with Gasteiger partial charge in [-0.2, -0.15) is 0 Å². The van der Waals surface area contributed by atoms with E-state index in [1.54, 1.807) is 12.3 Å². The lowest BCUT2D eigenvalue weighted by Gasteiger charge is -2.34. The van der Waals surface area contributed by atoms with E-state index < -0.39 is 0 Å². The van der Waals surface area contributed by atoms with Gasteiger partial charge in [0.15, 0.2) is 0 Å². The SMILES string of the molecule is CC1CCCC(NC(=O)Cc2ccc(N)cn2)C1C. The van der Waals surface area contributed by atoms with E-state index in [1.165, 1.54) is 12.8 Å². The van der Waals surface area contributed by atoms with Crippen LogP contribution >= 0.6 is 0 Å². The van der Waals surface area contributed by atoms with Crippen LogP contribution in [0.5, 0.6) is 0 Å². The molecule has 3 unspecified atom stereocenters. The summed E-state index contributed by atoms with van der Waals surface area (Å²) in [4.78, 5) is 16.2. The molecule has 1 saturated carbocycles. The van der Waals surface area contributed by atoms with Gasteiger partial charge in [0.2, 0.25) is 5.91 Å². The van der Waals surface area contributed by atoms with Crippen molar-refractivity contribution >= 4 is 11.6 Å². The maximum Gasteiger partial charge on any atom is 0.226 e. The zero-order valence-corrected chi connectivity index (χ0v) is 11.7. The topological polar surface area (TPSA) is 68.0 Å². The molecule has 1 aromatic rings. The highest BCUT2D eigenvalue weighted by Crippen LogP contribution is 2.29. The number of nitrogen functional groups attached to an aromatic ring is 1. The highest BCUT2D eigenvalue weighted by atomic mass is 16.1. The zero-order chi connectivity index (χ0) is 13.8. The van der Waals surface area contributed by atoms with Gasteiger partial charge < -0.3 is 11.1 Å². The summed E-state index contributed by atoms with van der Waals surface area (Å²) < 4.78 is 0. The van der Waals surface area contributed by atoms with Crippen LogP contribution in [0, 0.1) is 11.8 Å². The molecule has 1 amide bonds. The van der Waals surface area contributed by atoms with Crippen molar-refractivity contribution < 1.29 is 4.79 Å². The lowest BCUT2D eigenvalue weighted by molar-refractivity contribution is -0.121. The maximum absolute atomic E-state index is 12.0. The Morgan fingerprint density at radius 1 is 1.42 bits per heavy atom. The smallest absolute Gasteiger partial charge is 0.226 e. The first-order valence-corrected chi connectivity index (χ1v) is 7.06. The third kappa shape index (κ3) is 3.69. The molecule has 0 aromatic carbocycles. The van der Waals surface area contributed by atoms with E-state index in [0.29, 0.717) is 30.0 Å². The first kappa shape index (κ1) is 13.8. The molecule has 1 aliphatic rings.